The molecule has 0 unspecified atom stereocenters. The smallest absolute Gasteiger partial charge is 0.257 e. The molecule has 0 spiro atoms. The first-order valence-corrected chi connectivity index (χ1v) is 12.6. The number of hydrogen-bond acceptors (Lipinski definition) is 5. The SMILES string of the molecule is CC(C)CC(=O)N1CCN(c2ccc(Cl)cc2NC(=S)NC(=O)c2ccc(OC(C)C)cc2)CC1. The van der Waals surface area contributed by atoms with Gasteiger partial charge < -0.3 is 19.9 Å². The molecule has 2 N–H and O–H groups in total. The third-order valence-corrected chi connectivity index (χ3v) is 5.92. The van der Waals surface area contributed by atoms with Crippen LogP contribution in [0.1, 0.15) is 44.5 Å². The maximum absolute atomic E-state index is 12.7. The normalized spacial score (nSPS) is 13.7. The monoisotopic (exact) mass is 516 g/mol. The first kappa shape index (κ1) is 26.8. The first-order chi connectivity index (χ1) is 16.6. The van der Waals surface area contributed by atoms with Crippen LogP contribution in [0.4, 0.5) is 11.4 Å². The molecule has 1 saturated heterocycles. The number of nitrogens with zero attached hydrogens (tertiary/aromatic N) is 2. The van der Waals surface area contributed by atoms with Crippen LogP contribution in [-0.2, 0) is 4.79 Å². The fourth-order valence-corrected chi connectivity index (χ4v) is 4.22. The minimum Gasteiger partial charge on any atom is -0.491 e. The third kappa shape index (κ3) is 7.83. The van der Waals surface area contributed by atoms with E-state index in [0.717, 1.165) is 5.69 Å². The van der Waals surface area contributed by atoms with Gasteiger partial charge in [-0.3, -0.25) is 14.9 Å². The van der Waals surface area contributed by atoms with E-state index in [4.69, 9.17) is 28.6 Å². The Balaban J connectivity index is 1.62. The van der Waals surface area contributed by atoms with E-state index in [1.165, 1.54) is 0 Å². The molecule has 2 amide bonds. The molecule has 0 aromatic heterocycles. The second-order valence-electron chi connectivity index (χ2n) is 9.23. The topological polar surface area (TPSA) is 73.9 Å². The number of amides is 2. The molecule has 1 aliphatic rings. The Bertz CT molecular complexity index is 1050. The number of carbonyl (C=O) groups excluding carboxylic acids is 2. The van der Waals surface area contributed by atoms with E-state index in [1.54, 1.807) is 30.3 Å². The summed E-state index contributed by atoms with van der Waals surface area (Å²) in [5.74, 6) is 0.920. The summed E-state index contributed by atoms with van der Waals surface area (Å²) in [6.07, 6.45) is 0.622. The number of nitrogens with one attached hydrogen (secondary N) is 2. The third-order valence-electron chi connectivity index (χ3n) is 5.48. The number of anilines is 2. The molecule has 2 aromatic rings. The average molecular weight is 517 g/mol. The molecule has 1 heterocycles. The maximum Gasteiger partial charge on any atom is 0.257 e. The van der Waals surface area contributed by atoms with E-state index in [9.17, 15) is 9.59 Å². The van der Waals surface area contributed by atoms with Crippen molar-refractivity contribution in [3.8, 4) is 5.75 Å². The second kappa shape index (κ2) is 12.2. The molecular formula is C26H33ClN4O3S. The molecule has 0 saturated carbocycles. The Kier molecular flexibility index (Phi) is 9.34. The zero-order valence-corrected chi connectivity index (χ0v) is 22.2. The van der Waals surface area contributed by atoms with Crippen LogP contribution in [0.15, 0.2) is 42.5 Å². The molecule has 0 aliphatic carbocycles. The van der Waals surface area contributed by atoms with Gasteiger partial charge in [-0.2, -0.15) is 0 Å². The van der Waals surface area contributed by atoms with Crippen molar-refractivity contribution in [1.82, 2.24) is 10.2 Å². The molecule has 1 fully saturated rings. The van der Waals surface area contributed by atoms with Crippen molar-refractivity contribution in [2.75, 3.05) is 36.4 Å². The Labute approximate surface area is 217 Å². The van der Waals surface area contributed by atoms with Gasteiger partial charge in [-0.05, 0) is 74.4 Å². The van der Waals surface area contributed by atoms with Crippen molar-refractivity contribution in [3.63, 3.8) is 0 Å². The summed E-state index contributed by atoms with van der Waals surface area (Å²) < 4.78 is 5.62. The van der Waals surface area contributed by atoms with Crippen LogP contribution in [0.25, 0.3) is 0 Å². The van der Waals surface area contributed by atoms with Crippen LogP contribution in [-0.4, -0.2) is 54.1 Å². The fraction of sp³-hybridized carbons (Fsp3) is 0.423. The van der Waals surface area contributed by atoms with Crippen molar-refractivity contribution in [3.05, 3.63) is 53.1 Å². The predicted molar refractivity (Wildman–Crippen MR) is 146 cm³/mol. The number of ether oxygens (including phenoxy) is 1. The number of carbonyl (C=O) groups is 2. The Morgan fingerprint density at radius 2 is 1.69 bits per heavy atom. The van der Waals surface area contributed by atoms with Gasteiger partial charge in [0.15, 0.2) is 5.11 Å². The highest BCUT2D eigenvalue weighted by Crippen LogP contribution is 2.30. The molecule has 0 radical (unpaired) electrons. The van der Waals surface area contributed by atoms with Gasteiger partial charge in [-0.1, -0.05) is 25.4 Å². The number of thiocarbonyl (C=S) groups is 1. The van der Waals surface area contributed by atoms with Gasteiger partial charge >= 0.3 is 0 Å². The first-order valence-electron chi connectivity index (χ1n) is 11.8. The molecule has 2 aromatic carbocycles. The number of benzene rings is 2. The van der Waals surface area contributed by atoms with Crippen LogP contribution >= 0.6 is 23.8 Å². The molecular weight excluding hydrogens is 484 g/mol. The van der Waals surface area contributed by atoms with E-state index >= 15 is 0 Å². The van der Waals surface area contributed by atoms with Gasteiger partial charge in [-0.25, -0.2) is 0 Å². The number of halogens is 1. The molecule has 9 heteroatoms. The van der Waals surface area contributed by atoms with E-state index in [0.29, 0.717) is 60.5 Å². The predicted octanol–water partition coefficient (Wildman–Crippen LogP) is 4.95. The van der Waals surface area contributed by atoms with E-state index in [-0.39, 0.29) is 23.0 Å². The van der Waals surface area contributed by atoms with Gasteiger partial charge in [-0.15, -0.1) is 0 Å². The Morgan fingerprint density at radius 1 is 1.03 bits per heavy atom. The van der Waals surface area contributed by atoms with Crippen LogP contribution < -0.4 is 20.3 Å². The standard InChI is InChI=1S/C26H33ClN4O3S/c1-17(2)15-24(32)31-13-11-30(12-14-31)23-10-7-20(27)16-22(23)28-26(35)29-25(33)19-5-8-21(9-6-19)34-18(3)4/h5-10,16-18H,11-15H2,1-4H3,(H2,28,29,33,35). The molecule has 0 atom stereocenters. The Morgan fingerprint density at radius 3 is 2.29 bits per heavy atom. The lowest BCUT2D eigenvalue weighted by Crippen LogP contribution is -2.49. The van der Waals surface area contributed by atoms with Crippen molar-refractivity contribution in [2.45, 2.75) is 40.2 Å². The molecule has 1 aliphatic heterocycles. The van der Waals surface area contributed by atoms with Crippen molar-refractivity contribution >= 4 is 52.1 Å². The summed E-state index contributed by atoms with van der Waals surface area (Å²) in [6, 6.07) is 12.4. The summed E-state index contributed by atoms with van der Waals surface area (Å²) in [4.78, 5) is 29.2. The summed E-state index contributed by atoms with van der Waals surface area (Å²) in [5.41, 5.74) is 2.08. The zero-order valence-electron chi connectivity index (χ0n) is 20.6. The van der Waals surface area contributed by atoms with Gasteiger partial charge in [0.2, 0.25) is 5.91 Å². The Hall–Kier alpha value is -2.84. The summed E-state index contributed by atoms with van der Waals surface area (Å²) >= 11 is 11.7. The van der Waals surface area contributed by atoms with E-state index in [1.807, 2.05) is 30.9 Å². The van der Waals surface area contributed by atoms with Gasteiger partial charge in [0, 0.05) is 43.2 Å². The molecule has 35 heavy (non-hydrogen) atoms. The highest BCUT2D eigenvalue weighted by molar-refractivity contribution is 7.80. The zero-order chi connectivity index (χ0) is 25.5. The van der Waals surface area contributed by atoms with E-state index < -0.39 is 0 Å². The minimum absolute atomic E-state index is 0.0573. The summed E-state index contributed by atoms with van der Waals surface area (Å²) in [7, 11) is 0. The summed E-state index contributed by atoms with van der Waals surface area (Å²) in [6.45, 7) is 10.7. The minimum atomic E-state index is -0.320. The van der Waals surface area contributed by atoms with Crippen LogP contribution in [0.2, 0.25) is 5.02 Å². The highest BCUT2D eigenvalue weighted by Gasteiger charge is 2.23. The number of rotatable bonds is 7. The quantitative estimate of drug-likeness (QED) is 0.507. The van der Waals surface area contributed by atoms with Gasteiger partial charge in [0.05, 0.1) is 17.5 Å². The van der Waals surface area contributed by atoms with Gasteiger partial charge in [0.1, 0.15) is 5.75 Å². The summed E-state index contributed by atoms with van der Waals surface area (Å²) in [5, 5.41) is 6.56. The maximum atomic E-state index is 12.7. The molecule has 0 bridgehead atoms. The lowest BCUT2D eigenvalue weighted by Gasteiger charge is -2.37. The molecule has 7 nitrogen and oxygen atoms in total. The molecule has 3 rings (SSSR count). The van der Waals surface area contributed by atoms with Gasteiger partial charge in [0.25, 0.3) is 5.91 Å². The van der Waals surface area contributed by atoms with Crippen molar-refractivity contribution < 1.29 is 14.3 Å². The van der Waals surface area contributed by atoms with Crippen LogP contribution in [0.5, 0.6) is 5.75 Å². The largest absolute Gasteiger partial charge is 0.491 e. The lowest BCUT2D eigenvalue weighted by atomic mass is 10.1. The second-order valence-corrected chi connectivity index (χ2v) is 10.1. The molecule has 188 valence electrons. The average Bonchev–Trinajstić information content (AvgIpc) is 2.79. The highest BCUT2D eigenvalue weighted by atomic mass is 35.5. The van der Waals surface area contributed by atoms with E-state index in [2.05, 4.69) is 29.4 Å². The van der Waals surface area contributed by atoms with Crippen LogP contribution in [0, 0.1) is 5.92 Å². The number of hydrogen-bond donors (Lipinski definition) is 2. The fourth-order valence-electron chi connectivity index (χ4n) is 3.85. The van der Waals surface area contributed by atoms with Crippen LogP contribution in [0.3, 0.4) is 0 Å². The number of piperazine rings is 1. The lowest BCUT2D eigenvalue weighted by molar-refractivity contribution is -0.132. The van der Waals surface area contributed by atoms with Crippen molar-refractivity contribution in [2.24, 2.45) is 5.92 Å². The van der Waals surface area contributed by atoms with Crippen molar-refractivity contribution in [1.29, 1.82) is 0 Å².